The van der Waals surface area contributed by atoms with Gasteiger partial charge in [-0.25, -0.2) is 0 Å². The average Bonchev–Trinajstić information content (AvgIpc) is 2.58. The summed E-state index contributed by atoms with van der Waals surface area (Å²) in [6.45, 7) is 0. The standard InChI is InChI=1S/C21H18N2/c22-15-3-1-5-18-7-11-20(12-8-18)17-21-13-9-19(10-14-21)6-2-4-16-23/h1-2,5-14H,3-4,17H2/b5-1+,6-2+. The molecule has 23 heavy (non-hydrogen) atoms. The molecule has 0 amide bonds. The molecule has 0 atom stereocenters. The summed E-state index contributed by atoms with van der Waals surface area (Å²) in [6.07, 6.45) is 9.45. The number of benzene rings is 2. The summed E-state index contributed by atoms with van der Waals surface area (Å²) >= 11 is 0. The van der Waals surface area contributed by atoms with Crippen molar-refractivity contribution < 1.29 is 0 Å². The van der Waals surface area contributed by atoms with Gasteiger partial charge in [0.05, 0.1) is 25.0 Å². The molecule has 2 heteroatoms. The summed E-state index contributed by atoms with van der Waals surface area (Å²) in [6, 6.07) is 20.9. The molecule has 0 heterocycles. The second kappa shape index (κ2) is 9.03. The van der Waals surface area contributed by atoms with E-state index in [1.807, 2.05) is 24.3 Å². The number of allylic oxidation sites excluding steroid dienone is 2. The van der Waals surface area contributed by atoms with Crippen LogP contribution in [0.15, 0.2) is 60.7 Å². The smallest absolute Gasteiger partial charge is 0.0663 e. The molecule has 2 aromatic rings. The zero-order chi connectivity index (χ0) is 16.3. The highest BCUT2D eigenvalue weighted by Crippen LogP contribution is 2.13. The highest BCUT2D eigenvalue weighted by molar-refractivity contribution is 5.51. The molecule has 0 N–H and O–H groups in total. The molecule has 0 saturated heterocycles. The SMILES string of the molecule is N#CC/C=C/c1ccc(Cc2ccc(/C=C/CC#N)cc2)cc1. The van der Waals surface area contributed by atoms with Crippen LogP contribution in [0.1, 0.15) is 35.1 Å². The van der Waals surface area contributed by atoms with E-state index in [0.29, 0.717) is 12.8 Å². The van der Waals surface area contributed by atoms with Gasteiger partial charge in [-0.1, -0.05) is 72.8 Å². The van der Waals surface area contributed by atoms with Crippen molar-refractivity contribution in [3.63, 3.8) is 0 Å². The second-order valence-corrected chi connectivity index (χ2v) is 5.19. The maximum Gasteiger partial charge on any atom is 0.0663 e. The van der Waals surface area contributed by atoms with Gasteiger partial charge < -0.3 is 0 Å². The summed E-state index contributed by atoms with van der Waals surface area (Å²) < 4.78 is 0. The minimum Gasteiger partial charge on any atom is -0.198 e. The van der Waals surface area contributed by atoms with Gasteiger partial charge in [-0.3, -0.25) is 0 Å². The molecule has 0 radical (unpaired) electrons. The first kappa shape index (κ1) is 16.3. The van der Waals surface area contributed by atoms with Gasteiger partial charge in [0.15, 0.2) is 0 Å². The highest BCUT2D eigenvalue weighted by atomic mass is 14.2. The Labute approximate surface area is 137 Å². The van der Waals surface area contributed by atoms with E-state index in [4.69, 9.17) is 10.5 Å². The molecule has 2 aromatic carbocycles. The van der Waals surface area contributed by atoms with Gasteiger partial charge in [-0.05, 0) is 28.7 Å². The fraction of sp³-hybridized carbons (Fsp3) is 0.143. The molecule has 0 spiro atoms. The van der Waals surface area contributed by atoms with Crippen LogP contribution in [0.3, 0.4) is 0 Å². The third kappa shape index (κ3) is 5.65. The normalized spacial score (nSPS) is 10.7. The Hall–Kier alpha value is -3.10. The summed E-state index contributed by atoms with van der Waals surface area (Å²) in [5.74, 6) is 0. The molecule has 0 bridgehead atoms. The van der Waals surface area contributed by atoms with Crippen molar-refractivity contribution in [2.75, 3.05) is 0 Å². The number of hydrogen-bond donors (Lipinski definition) is 0. The van der Waals surface area contributed by atoms with Crippen LogP contribution in [-0.2, 0) is 6.42 Å². The van der Waals surface area contributed by atoms with E-state index in [1.165, 1.54) is 11.1 Å². The van der Waals surface area contributed by atoms with E-state index < -0.39 is 0 Å². The largest absolute Gasteiger partial charge is 0.198 e. The lowest BCUT2D eigenvalue weighted by Crippen LogP contribution is -1.88. The van der Waals surface area contributed by atoms with E-state index in [0.717, 1.165) is 17.5 Å². The minimum atomic E-state index is 0.441. The predicted molar refractivity (Wildman–Crippen MR) is 94.2 cm³/mol. The lowest BCUT2D eigenvalue weighted by Gasteiger charge is -2.03. The van der Waals surface area contributed by atoms with Gasteiger partial charge in [0.25, 0.3) is 0 Å². The van der Waals surface area contributed by atoms with Crippen molar-refractivity contribution in [1.82, 2.24) is 0 Å². The topological polar surface area (TPSA) is 47.6 Å². The Kier molecular flexibility index (Phi) is 6.39. The molecular formula is C21H18N2. The van der Waals surface area contributed by atoms with Crippen LogP contribution < -0.4 is 0 Å². The molecule has 0 aromatic heterocycles. The Bertz CT molecular complexity index is 684. The first-order chi connectivity index (χ1) is 11.3. The zero-order valence-electron chi connectivity index (χ0n) is 12.9. The van der Waals surface area contributed by atoms with Crippen LogP contribution in [0.25, 0.3) is 12.2 Å². The van der Waals surface area contributed by atoms with Gasteiger partial charge in [0.1, 0.15) is 0 Å². The van der Waals surface area contributed by atoms with Crippen molar-refractivity contribution in [2.45, 2.75) is 19.3 Å². The van der Waals surface area contributed by atoms with Gasteiger partial charge in [-0.15, -0.1) is 0 Å². The van der Waals surface area contributed by atoms with E-state index in [-0.39, 0.29) is 0 Å². The maximum atomic E-state index is 8.51. The van der Waals surface area contributed by atoms with Crippen LogP contribution in [0, 0.1) is 22.7 Å². The van der Waals surface area contributed by atoms with Crippen LogP contribution in [0.2, 0.25) is 0 Å². The summed E-state index contributed by atoms with van der Waals surface area (Å²) in [5.41, 5.74) is 4.74. The third-order valence-corrected chi connectivity index (χ3v) is 3.41. The van der Waals surface area contributed by atoms with Crippen molar-refractivity contribution in [1.29, 1.82) is 10.5 Å². The fourth-order valence-electron chi connectivity index (χ4n) is 2.22. The summed E-state index contributed by atoms with van der Waals surface area (Å²) in [5, 5.41) is 17.0. The molecule has 0 aliphatic heterocycles. The molecule has 0 aliphatic carbocycles. The van der Waals surface area contributed by atoms with E-state index >= 15 is 0 Å². The fourth-order valence-corrected chi connectivity index (χ4v) is 2.22. The molecule has 0 fully saturated rings. The zero-order valence-corrected chi connectivity index (χ0v) is 12.9. The molecule has 0 saturated carbocycles. The lowest BCUT2D eigenvalue weighted by atomic mass is 10.0. The monoisotopic (exact) mass is 298 g/mol. The molecule has 0 unspecified atom stereocenters. The van der Waals surface area contributed by atoms with Crippen molar-refractivity contribution in [3.8, 4) is 12.1 Å². The minimum absolute atomic E-state index is 0.441. The van der Waals surface area contributed by atoms with Gasteiger partial charge in [0, 0.05) is 0 Å². The van der Waals surface area contributed by atoms with E-state index in [1.54, 1.807) is 0 Å². The van der Waals surface area contributed by atoms with Crippen LogP contribution in [0.5, 0.6) is 0 Å². The van der Waals surface area contributed by atoms with E-state index in [2.05, 4.69) is 60.7 Å². The Balaban J connectivity index is 1.97. The first-order valence-electron chi connectivity index (χ1n) is 7.56. The summed E-state index contributed by atoms with van der Waals surface area (Å²) in [4.78, 5) is 0. The maximum absolute atomic E-state index is 8.51. The van der Waals surface area contributed by atoms with Crippen molar-refractivity contribution >= 4 is 12.2 Å². The van der Waals surface area contributed by atoms with Gasteiger partial charge >= 0.3 is 0 Å². The van der Waals surface area contributed by atoms with Crippen molar-refractivity contribution in [2.24, 2.45) is 0 Å². The quantitative estimate of drug-likeness (QED) is 0.742. The van der Waals surface area contributed by atoms with Gasteiger partial charge in [-0.2, -0.15) is 10.5 Å². The molecule has 2 rings (SSSR count). The van der Waals surface area contributed by atoms with Crippen LogP contribution >= 0.6 is 0 Å². The molecule has 2 nitrogen and oxygen atoms in total. The van der Waals surface area contributed by atoms with Crippen LogP contribution in [0.4, 0.5) is 0 Å². The highest BCUT2D eigenvalue weighted by Gasteiger charge is 1.97. The third-order valence-electron chi connectivity index (χ3n) is 3.41. The number of nitrogens with zero attached hydrogens (tertiary/aromatic N) is 2. The Morgan fingerprint density at radius 2 is 1.04 bits per heavy atom. The average molecular weight is 298 g/mol. The lowest BCUT2D eigenvalue weighted by molar-refractivity contribution is 1.19. The molecule has 112 valence electrons. The Morgan fingerprint density at radius 3 is 1.39 bits per heavy atom. The number of rotatable bonds is 6. The van der Waals surface area contributed by atoms with Crippen LogP contribution in [-0.4, -0.2) is 0 Å². The molecular weight excluding hydrogens is 280 g/mol. The molecule has 0 aliphatic rings. The summed E-state index contributed by atoms with van der Waals surface area (Å²) in [7, 11) is 0. The van der Waals surface area contributed by atoms with Crippen molar-refractivity contribution in [3.05, 3.63) is 82.9 Å². The second-order valence-electron chi connectivity index (χ2n) is 5.19. The Morgan fingerprint density at radius 1 is 0.652 bits per heavy atom. The van der Waals surface area contributed by atoms with Gasteiger partial charge in [0.2, 0.25) is 0 Å². The number of hydrogen-bond acceptors (Lipinski definition) is 2. The van der Waals surface area contributed by atoms with E-state index in [9.17, 15) is 0 Å². The first-order valence-corrected chi connectivity index (χ1v) is 7.56. The predicted octanol–water partition coefficient (Wildman–Crippen LogP) is 5.13. The number of nitriles is 2.